The molecule has 0 aliphatic carbocycles. The van der Waals surface area contributed by atoms with E-state index in [0.29, 0.717) is 11.3 Å². The Morgan fingerprint density at radius 1 is 0.909 bits per heavy atom. The number of benzene rings is 3. The third kappa shape index (κ3) is 6.47. The van der Waals surface area contributed by atoms with Crippen LogP contribution >= 0.6 is 11.8 Å². The summed E-state index contributed by atoms with van der Waals surface area (Å²) in [4.78, 5) is 13.4. The average Bonchev–Trinajstić information content (AvgIpc) is 2.82. The molecule has 0 saturated carbocycles. The lowest BCUT2D eigenvalue weighted by Gasteiger charge is -2.24. The first-order chi connectivity index (χ1) is 15.8. The molecule has 3 aromatic carbocycles. The Hall–Kier alpha value is -2.61. The molecule has 3 aromatic rings. The molecule has 7 heteroatoms. The van der Waals surface area contributed by atoms with Gasteiger partial charge in [-0.3, -0.25) is 4.79 Å². The molecule has 33 heavy (non-hydrogen) atoms. The van der Waals surface area contributed by atoms with E-state index in [4.69, 9.17) is 9.47 Å². The van der Waals surface area contributed by atoms with Crippen LogP contribution in [0.1, 0.15) is 41.6 Å². The average molecular weight is 475 g/mol. The number of hydrogen-bond acceptors (Lipinski definition) is 4. The highest BCUT2D eigenvalue weighted by molar-refractivity contribution is 7.98. The molecule has 0 aromatic heterocycles. The predicted molar refractivity (Wildman–Crippen MR) is 124 cm³/mol. The number of rotatable bonds is 10. The largest absolute Gasteiger partial charge is 0.454 e. The van der Waals surface area contributed by atoms with Gasteiger partial charge in [0.1, 0.15) is 0 Å². The van der Waals surface area contributed by atoms with Gasteiger partial charge in [-0.15, -0.1) is 11.8 Å². The first-order valence-corrected chi connectivity index (χ1v) is 11.6. The number of hydrogen-bond donors (Lipinski definition) is 0. The third-order valence-corrected chi connectivity index (χ3v) is 5.90. The molecule has 3 rings (SSSR count). The highest BCUT2D eigenvalue weighted by atomic mass is 32.2. The predicted octanol–water partition coefficient (Wildman–Crippen LogP) is 7.46. The van der Waals surface area contributed by atoms with E-state index in [9.17, 15) is 18.0 Å². The topological polar surface area (TPSA) is 35.5 Å². The SMILES string of the molecule is CCOC(OCC)c1cc(SCc2ccccc2)cc(-c2ccccc2)c1C(=O)C(F)(F)F. The number of carbonyl (C=O) groups is 1. The summed E-state index contributed by atoms with van der Waals surface area (Å²) in [6.07, 6.45) is -6.14. The lowest BCUT2D eigenvalue weighted by Crippen LogP contribution is -2.26. The Morgan fingerprint density at radius 3 is 2.03 bits per heavy atom. The van der Waals surface area contributed by atoms with Gasteiger partial charge in [-0.2, -0.15) is 13.2 Å². The van der Waals surface area contributed by atoms with Crippen molar-refractivity contribution in [2.45, 2.75) is 37.0 Å². The van der Waals surface area contributed by atoms with E-state index in [1.807, 2.05) is 30.3 Å². The maximum Gasteiger partial charge on any atom is 0.454 e. The lowest BCUT2D eigenvalue weighted by atomic mass is 9.92. The Morgan fingerprint density at radius 2 is 1.48 bits per heavy atom. The summed E-state index contributed by atoms with van der Waals surface area (Å²) in [7, 11) is 0. The van der Waals surface area contributed by atoms with Crippen molar-refractivity contribution >= 4 is 17.5 Å². The molecule has 0 aliphatic rings. The molecule has 174 valence electrons. The molecule has 0 spiro atoms. The van der Waals surface area contributed by atoms with Gasteiger partial charge >= 0.3 is 6.18 Å². The molecule has 0 unspecified atom stereocenters. The monoisotopic (exact) mass is 474 g/mol. The second kappa shape index (κ2) is 11.5. The quantitative estimate of drug-likeness (QED) is 0.174. The van der Waals surface area contributed by atoms with E-state index in [-0.39, 0.29) is 24.3 Å². The van der Waals surface area contributed by atoms with Crippen LogP contribution < -0.4 is 0 Å². The van der Waals surface area contributed by atoms with Gasteiger partial charge in [-0.05, 0) is 42.7 Å². The van der Waals surface area contributed by atoms with Crippen LogP contribution in [0.5, 0.6) is 0 Å². The fourth-order valence-electron chi connectivity index (χ4n) is 3.42. The zero-order chi connectivity index (χ0) is 23.8. The summed E-state index contributed by atoms with van der Waals surface area (Å²) in [5.41, 5.74) is 1.44. The van der Waals surface area contributed by atoms with Crippen molar-refractivity contribution < 1.29 is 27.4 Å². The molecule has 0 aliphatic heterocycles. The number of Topliss-reactive ketones (excluding diaryl/α,β-unsaturated/α-hetero) is 1. The molecule has 0 heterocycles. The smallest absolute Gasteiger partial charge is 0.349 e. The first kappa shape index (κ1) is 25.0. The van der Waals surface area contributed by atoms with Crippen LogP contribution in [0.25, 0.3) is 11.1 Å². The standard InChI is InChI=1S/C26H25F3O3S/c1-3-31-25(32-4-2)22-16-20(33-17-18-11-7-5-8-12-18)15-21(19-13-9-6-10-14-19)23(22)24(30)26(27,28)29/h5-16,25H,3-4,17H2,1-2H3. The maximum atomic E-state index is 13.7. The summed E-state index contributed by atoms with van der Waals surface area (Å²) in [6.45, 7) is 3.88. The molecule has 0 saturated heterocycles. The highest BCUT2D eigenvalue weighted by Gasteiger charge is 2.43. The molecule has 0 fully saturated rings. The van der Waals surface area contributed by atoms with Crippen molar-refractivity contribution in [1.29, 1.82) is 0 Å². The second-order valence-corrected chi connectivity index (χ2v) is 8.19. The zero-order valence-corrected chi connectivity index (χ0v) is 19.2. The second-order valence-electron chi connectivity index (χ2n) is 7.14. The molecule has 3 nitrogen and oxygen atoms in total. The first-order valence-electron chi connectivity index (χ1n) is 10.6. The van der Waals surface area contributed by atoms with Gasteiger partial charge in [-0.1, -0.05) is 60.7 Å². The minimum Gasteiger partial charge on any atom is -0.349 e. The summed E-state index contributed by atoms with van der Waals surface area (Å²) in [6, 6.07) is 21.6. The summed E-state index contributed by atoms with van der Waals surface area (Å²) < 4.78 is 52.3. The van der Waals surface area contributed by atoms with Gasteiger partial charge < -0.3 is 9.47 Å². The van der Waals surface area contributed by atoms with Crippen LogP contribution in [0.4, 0.5) is 13.2 Å². The number of halogens is 3. The number of ketones is 1. The van der Waals surface area contributed by atoms with Gasteiger partial charge in [0.2, 0.25) is 0 Å². The van der Waals surface area contributed by atoms with Crippen molar-refractivity contribution in [1.82, 2.24) is 0 Å². The van der Waals surface area contributed by atoms with Crippen LogP contribution in [0.15, 0.2) is 77.7 Å². The molecular formula is C26H25F3O3S. The fraction of sp³-hybridized carbons (Fsp3) is 0.269. The van der Waals surface area contributed by atoms with Crippen LogP contribution in [0, 0.1) is 0 Å². The van der Waals surface area contributed by atoms with Crippen LogP contribution in [-0.2, 0) is 15.2 Å². The Balaban J connectivity index is 2.20. The number of ether oxygens (including phenoxy) is 2. The normalized spacial score (nSPS) is 11.7. The minimum atomic E-state index is -5.04. The fourth-order valence-corrected chi connectivity index (χ4v) is 4.36. The van der Waals surface area contributed by atoms with Crippen molar-refractivity contribution in [3.05, 3.63) is 89.5 Å². The molecule has 0 radical (unpaired) electrons. The molecule has 0 N–H and O–H groups in total. The van der Waals surface area contributed by atoms with E-state index in [1.165, 1.54) is 11.8 Å². The van der Waals surface area contributed by atoms with Crippen LogP contribution in [-0.4, -0.2) is 25.2 Å². The Labute approximate surface area is 195 Å². The van der Waals surface area contributed by atoms with Crippen molar-refractivity contribution in [3.63, 3.8) is 0 Å². The van der Waals surface area contributed by atoms with Crippen molar-refractivity contribution in [2.75, 3.05) is 13.2 Å². The Kier molecular flexibility index (Phi) is 8.72. The number of carbonyl (C=O) groups excluding carboxylic acids is 1. The van der Waals surface area contributed by atoms with Crippen molar-refractivity contribution in [2.24, 2.45) is 0 Å². The summed E-state index contributed by atoms with van der Waals surface area (Å²) in [5, 5.41) is 0. The minimum absolute atomic E-state index is 0.0814. The van der Waals surface area contributed by atoms with E-state index in [2.05, 4.69) is 0 Å². The molecular weight excluding hydrogens is 449 g/mol. The van der Waals surface area contributed by atoms with E-state index in [1.54, 1.807) is 56.3 Å². The van der Waals surface area contributed by atoms with E-state index in [0.717, 1.165) is 10.5 Å². The van der Waals surface area contributed by atoms with Crippen LogP contribution in [0.3, 0.4) is 0 Å². The zero-order valence-electron chi connectivity index (χ0n) is 18.4. The Bertz CT molecular complexity index is 1050. The van der Waals surface area contributed by atoms with Gasteiger partial charge in [0.25, 0.3) is 5.78 Å². The number of alkyl halides is 3. The lowest BCUT2D eigenvalue weighted by molar-refractivity contribution is -0.141. The van der Waals surface area contributed by atoms with E-state index < -0.39 is 23.8 Å². The number of thioether (sulfide) groups is 1. The molecule has 0 bridgehead atoms. The molecule has 0 amide bonds. The van der Waals surface area contributed by atoms with Crippen LogP contribution in [0.2, 0.25) is 0 Å². The highest BCUT2D eigenvalue weighted by Crippen LogP contribution is 2.39. The maximum absolute atomic E-state index is 13.7. The van der Waals surface area contributed by atoms with Gasteiger partial charge in [0, 0.05) is 35.0 Å². The van der Waals surface area contributed by atoms with Gasteiger partial charge in [0.15, 0.2) is 6.29 Å². The van der Waals surface area contributed by atoms with Gasteiger partial charge in [0.05, 0.1) is 0 Å². The molecule has 0 atom stereocenters. The van der Waals surface area contributed by atoms with E-state index >= 15 is 0 Å². The van der Waals surface area contributed by atoms with Crippen molar-refractivity contribution in [3.8, 4) is 11.1 Å². The summed E-state index contributed by atoms with van der Waals surface area (Å²) in [5.74, 6) is -1.30. The summed E-state index contributed by atoms with van der Waals surface area (Å²) >= 11 is 1.47. The third-order valence-electron chi connectivity index (χ3n) is 4.85. The van der Waals surface area contributed by atoms with Gasteiger partial charge in [-0.25, -0.2) is 0 Å².